The Bertz CT molecular complexity index is 831. The zero-order valence-electron chi connectivity index (χ0n) is 13.4. The molecule has 1 amide bonds. The van der Waals surface area contributed by atoms with Crippen LogP contribution in [0.25, 0.3) is 0 Å². The molecule has 0 saturated carbocycles. The molecular formula is C16H18ClN3O3S2. The standard InChI is InChI=1S/C16H18ClN3O3S2/c17-14-1-2-15(24-14)25(22,23)19-11-12-5-9-20(10-6-12)16(21)13-3-7-18-8-4-13/h1-4,7-8,12,19H,5-6,9-11H2. The molecule has 1 N–H and O–H groups in total. The minimum atomic E-state index is -3.52. The summed E-state index contributed by atoms with van der Waals surface area (Å²) in [6.07, 6.45) is 4.74. The summed E-state index contributed by atoms with van der Waals surface area (Å²) in [5.41, 5.74) is 0.628. The maximum atomic E-state index is 12.4. The minimum absolute atomic E-state index is 0.00495. The van der Waals surface area contributed by atoms with E-state index in [0.29, 0.717) is 29.5 Å². The molecule has 1 saturated heterocycles. The lowest BCUT2D eigenvalue weighted by atomic mass is 9.97. The van der Waals surface area contributed by atoms with Crippen LogP contribution in [0.3, 0.4) is 0 Å². The van der Waals surface area contributed by atoms with Crippen LogP contribution in [0.5, 0.6) is 0 Å². The van der Waals surface area contributed by atoms with E-state index in [4.69, 9.17) is 11.6 Å². The van der Waals surface area contributed by atoms with Crippen LogP contribution >= 0.6 is 22.9 Å². The van der Waals surface area contributed by atoms with Crippen molar-refractivity contribution < 1.29 is 13.2 Å². The van der Waals surface area contributed by atoms with Gasteiger partial charge in [-0.3, -0.25) is 9.78 Å². The van der Waals surface area contributed by atoms with Crippen LogP contribution in [0, 0.1) is 5.92 Å². The first kappa shape index (κ1) is 18.3. The molecule has 9 heteroatoms. The van der Waals surface area contributed by atoms with Gasteiger partial charge >= 0.3 is 0 Å². The van der Waals surface area contributed by atoms with E-state index in [1.165, 1.54) is 6.07 Å². The van der Waals surface area contributed by atoms with Crippen LogP contribution in [0.2, 0.25) is 4.34 Å². The highest BCUT2D eigenvalue weighted by Gasteiger charge is 2.25. The summed E-state index contributed by atoms with van der Waals surface area (Å²) in [7, 11) is -3.52. The molecule has 0 bridgehead atoms. The number of likely N-dealkylation sites (tertiary alicyclic amines) is 1. The number of sulfonamides is 1. The summed E-state index contributed by atoms with van der Waals surface area (Å²) in [5, 5.41) is 0. The van der Waals surface area contributed by atoms with E-state index in [-0.39, 0.29) is 16.0 Å². The summed E-state index contributed by atoms with van der Waals surface area (Å²) in [5.74, 6) is 0.210. The number of nitrogens with one attached hydrogen (secondary N) is 1. The molecule has 6 nitrogen and oxygen atoms in total. The molecule has 0 aromatic carbocycles. The minimum Gasteiger partial charge on any atom is -0.339 e. The summed E-state index contributed by atoms with van der Waals surface area (Å²) >= 11 is 6.84. The maximum absolute atomic E-state index is 12.4. The summed E-state index contributed by atoms with van der Waals surface area (Å²) in [6.45, 7) is 1.62. The fraction of sp³-hybridized carbons (Fsp3) is 0.375. The van der Waals surface area contributed by atoms with Gasteiger partial charge in [-0.15, -0.1) is 11.3 Å². The van der Waals surface area contributed by atoms with E-state index >= 15 is 0 Å². The van der Waals surface area contributed by atoms with Crippen LogP contribution < -0.4 is 4.72 Å². The van der Waals surface area contributed by atoms with Gasteiger partial charge < -0.3 is 4.90 Å². The van der Waals surface area contributed by atoms with Crippen LogP contribution in [0.1, 0.15) is 23.2 Å². The van der Waals surface area contributed by atoms with E-state index in [9.17, 15) is 13.2 Å². The number of pyridine rings is 1. The SMILES string of the molecule is O=C(c1ccncc1)N1CCC(CNS(=O)(=O)c2ccc(Cl)s2)CC1. The Morgan fingerprint density at radius 2 is 1.92 bits per heavy atom. The predicted octanol–water partition coefficient (Wildman–Crippen LogP) is 2.63. The number of aromatic nitrogens is 1. The molecular weight excluding hydrogens is 382 g/mol. The fourth-order valence-corrected chi connectivity index (χ4v) is 5.40. The second-order valence-electron chi connectivity index (χ2n) is 5.88. The van der Waals surface area contributed by atoms with Gasteiger partial charge in [0.05, 0.1) is 4.34 Å². The molecule has 0 aliphatic carbocycles. The van der Waals surface area contributed by atoms with Crippen molar-refractivity contribution in [3.8, 4) is 0 Å². The van der Waals surface area contributed by atoms with E-state index in [1.54, 1.807) is 35.5 Å². The number of thiophene rings is 1. The third-order valence-corrected chi connectivity index (χ3v) is 7.35. The second-order valence-corrected chi connectivity index (χ2v) is 9.59. The zero-order chi connectivity index (χ0) is 17.9. The quantitative estimate of drug-likeness (QED) is 0.838. The monoisotopic (exact) mass is 399 g/mol. The van der Waals surface area contributed by atoms with E-state index < -0.39 is 10.0 Å². The van der Waals surface area contributed by atoms with Crippen molar-refractivity contribution in [2.75, 3.05) is 19.6 Å². The van der Waals surface area contributed by atoms with Gasteiger partial charge in [-0.1, -0.05) is 11.6 Å². The summed E-state index contributed by atoms with van der Waals surface area (Å²) < 4.78 is 27.8. The molecule has 1 aliphatic rings. The number of rotatable bonds is 5. The number of hydrogen-bond acceptors (Lipinski definition) is 5. The fourth-order valence-electron chi connectivity index (χ4n) is 2.76. The Morgan fingerprint density at radius 3 is 2.52 bits per heavy atom. The molecule has 1 aliphatic heterocycles. The lowest BCUT2D eigenvalue weighted by Crippen LogP contribution is -2.41. The van der Waals surface area contributed by atoms with Gasteiger partial charge in [-0.2, -0.15) is 0 Å². The van der Waals surface area contributed by atoms with Gasteiger partial charge in [0.1, 0.15) is 4.21 Å². The number of hydrogen-bond donors (Lipinski definition) is 1. The normalized spacial score (nSPS) is 16.1. The van der Waals surface area contributed by atoms with Gasteiger partial charge in [0, 0.05) is 37.6 Å². The Balaban J connectivity index is 1.50. The van der Waals surface area contributed by atoms with Crippen molar-refractivity contribution >= 4 is 38.9 Å². The molecule has 0 radical (unpaired) electrons. The Labute approximate surface area is 155 Å². The molecule has 0 atom stereocenters. The molecule has 2 aromatic heterocycles. The number of piperidine rings is 1. The Morgan fingerprint density at radius 1 is 1.24 bits per heavy atom. The van der Waals surface area contributed by atoms with Gasteiger partial charge in [-0.25, -0.2) is 13.1 Å². The van der Waals surface area contributed by atoms with Gasteiger partial charge in [0.25, 0.3) is 5.91 Å². The van der Waals surface area contributed by atoms with Crippen molar-refractivity contribution in [1.29, 1.82) is 0 Å². The summed E-state index contributed by atoms with van der Waals surface area (Å²) in [4.78, 5) is 18.1. The Kier molecular flexibility index (Phi) is 5.73. The highest BCUT2D eigenvalue weighted by Crippen LogP contribution is 2.26. The number of halogens is 1. The van der Waals surface area contributed by atoms with Crippen molar-refractivity contribution in [3.63, 3.8) is 0 Å². The Hall–Kier alpha value is -1.48. The number of amides is 1. The molecule has 3 rings (SSSR count). The first-order valence-corrected chi connectivity index (χ1v) is 10.6. The lowest BCUT2D eigenvalue weighted by Gasteiger charge is -2.32. The number of carbonyl (C=O) groups excluding carboxylic acids is 1. The van der Waals surface area contributed by atoms with Crippen LogP contribution in [0.4, 0.5) is 0 Å². The van der Waals surface area contributed by atoms with Gasteiger partial charge in [-0.05, 0) is 43.0 Å². The summed E-state index contributed by atoms with van der Waals surface area (Å²) in [6, 6.07) is 6.48. The molecule has 134 valence electrons. The van der Waals surface area contributed by atoms with E-state index in [1.807, 2.05) is 0 Å². The van der Waals surface area contributed by atoms with Crippen molar-refractivity contribution in [3.05, 3.63) is 46.6 Å². The average molecular weight is 400 g/mol. The largest absolute Gasteiger partial charge is 0.339 e. The topological polar surface area (TPSA) is 79.4 Å². The number of carbonyl (C=O) groups is 1. The average Bonchev–Trinajstić information content (AvgIpc) is 3.08. The van der Waals surface area contributed by atoms with Gasteiger partial charge in [0.2, 0.25) is 10.0 Å². The molecule has 25 heavy (non-hydrogen) atoms. The third kappa shape index (κ3) is 4.58. The molecule has 3 heterocycles. The van der Waals surface area contributed by atoms with Crippen molar-refractivity contribution in [1.82, 2.24) is 14.6 Å². The third-order valence-electron chi connectivity index (χ3n) is 4.20. The van der Waals surface area contributed by atoms with E-state index in [2.05, 4.69) is 9.71 Å². The van der Waals surface area contributed by atoms with Gasteiger partial charge in [0.15, 0.2) is 0 Å². The predicted molar refractivity (Wildman–Crippen MR) is 97.4 cm³/mol. The van der Waals surface area contributed by atoms with E-state index in [0.717, 1.165) is 24.2 Å². The molecule has 0 spiro atoms. The number of nitrogens with zero attached hydrogens (tertiary/aromatic N) is 2. The zero-order valence-corrected chi connectivity index (χ0v) is 15.8. The smallest absolute Gasteiger partial charge is 0.253 e. The molecule has 0 unspecified atom stereocenters. The van der Waals surface area contributed by atoms with Crippen molar-refractivity contribution in [2.24, 2.45) is 5.92 Å². The maximum Gasteiger partial charge on any atom is 0.253 e. The van der Waals surface area contributed by atoms with Crippen LogP contribution in [-0.4, -0.2) is 43.8 Å². The van der Waals surface area contributed by atoms with Crippen LogP contribution in [0.15, 0.2) is 40.9 Å². The molecule has 2 aromatic rings. The highest BCUT2D eigenvalue weighted by molar-refractivity contribution is 7.91. The first-order chi connectivity index (χ1) is 12.0. The van der Waals surface area contributed by atoms with Crippen molar-refractivity contribution in [2.45, 2.75) is 17.1 Å². The highest BCUT2D eigenvalue weighted by atomic mass is 35.5. The lowest BCUT2D eigenvalue weighted by molar-refractivity contribution is 0.0692. The first-order valence-electron chi connectivity index (χ1n) is 7.90. The second kappa shape index (κ2) is 7.82. The van der Waals surface area contributed by atoms with Crippen LogP contribution in [-0.2, 0) is 10.0 Å². The molecule has 1 fully saturated rings.